The Hall–Kier alpha value is -2.53. The normalized spacial score (nSPS) is 14.2. The Kier molecular flexibility index (Phi) is 5.78. The highest BCUT2D eigenvalue weighted by molar-refractivity contribution is 6.30. The highest BCUT2D eigenvalue weighted by Gasteiger charge is 2.21. The molecule has 6 heteroatoms. The summed E-state index contributed by atoms with van der Waals surface area (Å²) in [7, 11) is 0. The van der Waals surface area contributed by atoms with Gasteiger partial charge in [0.15, 0.2) is 12.4 Å². The minimum atomic E-state index is -0.0519. The van der Waals surface area contributed by atoms with Gasteiger partial charge in [-0.25, -0.2) is 0 Å². The van der Waals surface area contributed by atoms with Gasteiger partial charge in [0.25, 0.3) is 5.91 Å². The van der Waals surface area contributed by atoms with Gasteiger partial charge in [0.2, 0.25) is 0 Å². The summed E-state index contributed by atoms with van der Waals surface area (Å²) in [5, 5.41) is 0.710. The van der Waals surface area contributed by atoms with Gasteiger partial charge in [-0.05, 0) is 37.3 Å². The van der Waals surface area contributed by atoms with Crippen LogP contribution in [0.3, 0.4) is 0 Å². The third-order valence-corrected chi connectivity index (χ3v) is 4.64. The van der Waals surface area contributed by atoms with E-state index in [1.807, 2.05) is 24.3 Å². The molecule has 0 aromatic heterocycles. The van der Waals surface area contributed by atoms with Gasteiger partial charge in [-0.15, -0.1) is 0 Å². The second-order valence-electron chi connectivity index (χ2n) is 6.22. The van der Waals surface area contributed by atoms with Gasteiger partial charge in [-0.1, -0.05) is 29.8 Å². The number of nitrogens with zero attached hydrogens (tertiary/aromatic N) is 2. The number of Topliss-reactive ketones (excluding diaryl/α,β-unsaturated/α-hetero) is 1. The monoisotopic (exact) mass is 372 g/mol. The van der Waals surface area contributed by atoms with Gasteiger partial charge in [0, 0.05) is 42.5 Å². The molecule has 1 heterocycles. The van der Waals surface area contributed by atoms with Gasteiger partial charge >= 0.3 is 0 Å². The maximum atomic E-state index is 12.4. The molecule has 0 saturated carbocycles. The molecule has 136 valence electrons. The Balaban J connectivity index is 1.51. The number of benzene rings is 2. The van der Waals surface area contributed by atoms with Crippen LogP contribution in [0.1, 0.15) is 17.3 Å². The molecular weight excluding hydrogens is 352 g/mol. The number of ether oxygens (including phenoxy) is 1. The van der Waals surface area contributed by atoms with E-state index in [-0.39, 0.29) is 18.3 Å². The predicted molar refractivity (Wildman–Crippen MR) is 102 cm³/mol. The fourth-order valence-electron chi connectivity index (χ4n) is 2.93. The quantitative estimate of drug-likeness (QED) is 0.756. The SMILES string of the molecule is CC(=O)c1cccc(OCC(=O)N2CCN(c3cccc(Cl)c3)CC2)c1. The number of hydrogen-bond acceptors (Lipinski definition) is 4. The summed E-state index contributed by atoms with van der Waals surface area (Å²) in [5.41, 5.74) is 1.65. The smallest absolute Gasteiger partial charge is 0.260 e. The zero-order valence-electron chi connectivity index (χ0n) is 14.7. The second kappa shape index (κ2) is 8.23. The molecule has 1 aliphatic heterocycles. The molecule has 1 saturated heterocycles. The third-order valence-electron chi connectivity index (χ3n) is 4.41. The molecular formula is C20H21ClN2O3. The van der Waals surface area contributed by atoms with Crippen LogP contribution in [0.4, 0.5) is 5.69 Å². The van der Waals surface area contributed by atoms with Crippen molar-refractivity contribution in [1.29, 1.82) is 0 Å². The first-order valence-corrected chi connectivity index (χ1v) is 8.93. The van der Waals surface area contributed by atoms with Gasteiger partial charge < -0.3 is 14.5 Å². The van der Waals surface area contributed by atoms with Crippen molar-refractivity contribution in [3.05, 3.63) is 59.1 Å². The number of rotatable bonds is 5. The lowest BCUT2D eigenvalue weighted by Crippen LogP contribution is -2.50. The standard InChI is InChI=1S/C20H21ClN2O3/c1-15(24)16-4-2-7-19(12-16)26-14-20(25)23-10-8-22(9-11-23)18-6-3-5-17(21)13-18/h2-7,12-13H,8-11,14H2,1H3. The summed E-state index contributed by atoms with van der Waals surface area (Å²) >= 11 is 6.04. The van der Waals surface area contributed by atoms with Crippen molar-refractivity contribution in [3.63, 3.8) is 0 Å². The second-order valence-corrected chi connectivity index (χ2v) is 6.66. The van der Waals surface area contributed by atoms with Crippen LogP contribution in [0.2, 0.25) is 5.02 Å². The molecule has 0 spiro atoms. The van der Waals surface area contributed by atoms with E-state index in [1.165, 1.54) is 6.92 Å². The summed E-state index contributed by atoms with van der Waals surface area (Å²) in [6, 6.07) is 14.6. The van der Waals surface area contributed by atoms with Crippen molar-refractivity contribution in [3.8, 4) is 5.75 Å². The number of amides is 1. The number of anilines is 1. The van der Waals surface area contributed by atoms with Crippen molar-refractivity contribution in [1.82, 2.24) is 4.90 Å². The van der Waals surface area contributed by atoms with Crippen LogP contribution in [-0.4, -0.2) is 49.4 Å². The van der Waals surface area contributed by atoms with Crippen molar-refractivity contribution < 1.29 is 14.3 Å². The molecule has 1 fully saturated rings. The lowest BCUT2D eigenvalue weighted by Gasteiger charge is -2.36. The van der Waals surface area contributed by atoms with E-state index < -0.39 is 0 Å². The Bertz CT molecular complexity index is 801. The molecule has 2 aromatic rings. The fraction of sp³-hybridized carbons (Fsp3) is 0.300. The summed E-state index contributed by atoms with van der Waals surface area (Å²) in [6.45, 7) is 4.27. The van der Waals surface area contributed by atoms with E-state index in [2.05, 4.69) is 4.90 Å². The predicted octanol–water partition coefficient (Wildman–Crippen LogP) is 3.27. The van der Waals surface area contributed by atoms with Gasteiger partial charge in [-0.2, -0.15) is 0 Å². The summed E-state index contributed by atoms with van der Waals surface area (Å²) in [5.74, 6) is 0.450. The number of carbonyl (C=O) groups is 2. The van der Waals surface area contributed by atoms with Crippen LogP contribution < -0.4 is 9.64 Å². The number of carbonyl (C=O) groups excluding carboxylic acids is 2. The molecule has 5 nitrogen and oxygen atoms in total. The highest BCUT2D eigenvalue weighted by Crippen LogP contribution is 2.21. The van der Waals surface area contributed by atoms with Crippen molar-refractivity contribution in [2.45, 2.75) is 6.92 Å². The van der Waals surface area contributed by atoms with E-state index in [1.54, 1.807) is 29.2 Å². The summed E-state index contributed by atoms with van der Waals surface area (Å²) in [4.78, 5) is 27.8. The van der Waals surface area contributed by atoms with Crippen LogP contribution in [0, 0.1) is 0 Å². The first-order valence-electron chi connectivity index (χ1n) is 8.55. The average Bonchev–Trinajstić information content (AvgIpc) is 2.66. The molecule has 1 aliphatic rings. The van der Waals surface area contributed by atoms with E-state index in [4.69, 9.17) is 16.3 Å². The molecule has 3 rings (SSSR count). The zero-order valence-corrected chi connectivity index (χ0v) is 15.4. The molecule has 0 radical (unpaired) electrons. The van der Waals surface area contributed by atoms with Crippen molar-refractivity contribution in [2.24, 2.45) is 0 Å². The fourth-order valence-corrected chi connectivity index (χ4v) is 3.11. The number of piperazine rings is 1. The Morgan fingerprint density at radius 1 is 1.04 bits per heavy atom. The minimum absolute atomic E-state index is 0.0288. The largest absolute Gasteiger partial charge is 0.484 e. The molecule has 2 aromatic carbocycles. The summed E-state index contributed by atoms with van der Waals surface area (Å²) in [6.07, 6.45) is 0. The van der Waals surface area contributed by atoms with Crippen molar-refractivity contribution >= 4 is 29.0 Å². The maximum absolute atomic E-state index is 12.4. The van der Waals surface area contributed by atoms with Gasteiger partial charge in [-0.3, -0.25) is 9.59 Å². The lowest BCUT2D eigenvalue weighted by atomic mass is 10.1. The average molecular weight is 373 g/mol. The van der Waals surface area contributed by atoms with Crippen LogP contribution >= 0.6 is 11.6 Å². The van der Waals surface area contributed by atoms with E-state index in [9.17, 15) is 9.59 Å². The van der Waals surface area contributed by atoms with Crippen LogP contribution in [0.25, 0.3) is 0 Å². The minimum Gasteiger partial charge on any atom is -0.484 e. The molecule has 0 unspecified atom stereocenters. The number of hydrogen-bond donors (Lipinski definition) is 0. The molecule has 0 aliphatic carbocycles. The molecule has 1 amide bonds. The van der Waals surface area contributed by atoms with Gasteiger partial charge in [0.1, 0.15) is 5.75 Å². The summed E-state index contributed by atoms with van der Waals surface area (Å²) < 4.78 is 5.56. The maximum Gasteiger partial charge on any atom is 0.260 e. The van der Waals surface area contributed by atoms with E-state index in [0.717, 1.165) is 18.8 Å². The first kappa shape index (κ1) is 18.3. The first-order chi connectivity index (χ1) is 12.5. The lowest BCUT2D eigenvalue weighted by molar-refractivity contribution is -0.133. The van der Waals surface area contributed by atoms with Crippen LogP contribution in [0.15, 0.2) is 48.5 Å². The van der Waals surface area contributed by atoms with Gasteiger partial charge in [0.05, 0.1) is 0 Å². The Labute approximate surface area is 158 Å². The topological polar surface area (TPSA) is 49.9 Å². The highest BCUT2D eigenvalue weighted by atomic mass is 35.5. The van der Waals surface area contributed by atoms with E-state index in [0.29, 0.717) is 29.4 Å². The molecule has 26 heavy (non-hydrogen) atoms. The third kappa shape index (κ3) is 4.55. The number of halogens is 1. The zero-order chi connectivity index (χ0) is 18.5. The van der Waals surface area contributed by atoms with E-state index >= 15 is 0 Å². The van der Waals surface area contributed by atoms with Crippen molar-refractivity contribution in [2.75, 3.05) is 37.7 Å². The van der Waals surface area contributed by atoms with Crippen LogP contribution in [-0.2, 0) is 4.79 Å². The molecule has 0 atom stereocenters. The Morgan fingerprint density at radius 2 is 1.77 bits per heavy atom. The van der Waals surface area contributed by atoms with Crippen LogP contribution in [0.5, 0.6) is 5.75 Å². The molecule has 0 N–H and O–H groups in total. The number of ketones is 1. The Morgan fingerprint density at radius 3 is 2.46 bits per heavy atom. The molecule has 0 bridgehead atoms.